The minimum Gasteiger partial charge on any atom is -0.396 e. The summed E-state index contributed by atoms with van der Waals surface area (Å²) >= 11 is 0. The summed E-state index contributed by atoms with van der Waals surface area (Å²) in [5.74, 6) is 0.572. The number of carbonyl (C=O) groups is 1. The molecule has 0 bridgehead atoms. The van der Waals surface area contributed by atoms with Gasteiger partial charge in [0.15, 0.2) is 5.96 Å². The van der Waals surface area contributed by atoms with E-state index in [-0.39, 0.29) is 47.9 Å². The molecule has 0 saturated carbocycles. The highest BCUT2D eigenvalue weighted by Crippen LogP contribution is 2.13. The molecule has 0 aliphatic heterocycles. The number of benzene rings is 2. The van der Waals surface area contributed by atoms with Gasteiger partial charge in [0.2, 0.25) is 0 Å². The van der Waals surface area contributed by atoms with Crippen LogP contribution in [0.3, 0.4) is 0 Å². The summed E-state index contributed by atoms with van der Waals surface area (Å²) in [6.45, 7) is 9.70. The van der Waals surface area contributed by atoms with Crippen LogP contribution in [-0.4, -0.2) is 42.2 Å². The van der Waals surface area contributed by atoms with Crippen LogP contribution in [0, 0.1) is 0 Å². The van der Waals surface area contributed by atoms with Crippen LogP contribution < -0.4 is 16.0 Å². The Hall–Kier alpha value is -2.13. The number of hydrogen-bond donors (Lipinski definition) is 4. The molecule has 1 atom stereocenters. The van der Waals surface area contributed by atoms with Gasteiger partial charge in [0, 0.05) is 30.1 Å². The van der Waals surface area contributed by atoms with Crippen molar-refractivity contribution < 1.29 is 9.90 Å². The number of hydrogen-bond acceptors (Lipinski definition) is 3. The Balaban J connectivity index is 0.00000480. The molecule has 0 saturated heterocycles. The molecule has 31 heavy (non-hydrogen) atoms. The molecule has 0 fully saturated rings. The Morgan fingerprint density at radius 1 is 1.06 bits per heavy atom. The molecule has 4 N–H and O–H groups in total. The third kappa shape index (κ3) is 9.69. The van der Waals surface area contributed by atoms with Crippen LogP contribution in [0.1, 0.15) is 55.1 Å². The van der Waals surface area contributed by atoms with Crippen molar-refractivity contribution >= 4 is 35.8 Å². The fourth-order valence-electron chi connectivity index (χ4n) is 2.97. The first-order chi connectivity index (χ1) is 14.3. The number of aliphatic hydroxyl groups is 1. The second-order valence-corrected chi connectivity index (χ2v) is 8.27. The minimum absolute atomic E-state index is 0. The van der Waals surface area contributed by atoms with Gasteiger partial charge in [0.25, 0.3) is 5.91 Å². The molecule has 2 aromatic rings. The van der Waals surface area contributed by atoms with Crippen LogP contribution in [0.15, 0.2) is 59.6 Å². The maximum absolute atomic E-state index is 12.4. The lowest BCUT2D eigenvalue weighted by atomic mass is 10.0. The molecule has 6 nitrogen and oxygen atoms in total. The zero-order valence-electron chi connectivity index (χ0n) is 18.8. The van der Waals surface area contributed by atoms with E-state index in [1.807, 2.05) is 82.3 Å². The van der Waals surface area contributed by atoms with Crippen molar-refractivity contribution in [3.8, 4) is 0 Å². The number of aliphatic imine (C=N–C) groups is 1. The van der Waals surface area contributed by atoms with E-state index in [9.17, 15) is 9.90 Å². The predicted molar refractivity (Wildman–Crippen MR) is 138 cm³/mol. The van der Waals surface area contributed by atoms with Crippen LogP contribution in [0.5, 0.6) is 0 Å². The molecule has 0 aliphatic carbocycles. The Morgan fingerprint density at radius 2 is 1.77 bits per heavy atom. The average Bonchev–Trinajstić information content (AvgIpc) is 2.72. The smallest absolute Gasteiger partial charge is 0.251 e. The largest absolute Gasteiger partial charge is 0.396 e. The maximum atomic E-state index is 12.4. The second-order valence-electron chi connectivity index (χ2n) is 8.27. The van der Waals surface area contributed by atoms with Gasteiger partial charge in [-0.1, -0.05) is 42.5 Å². The quantitative estimate of drug-likeness (QED) is 0.235. The zero-order chi connectivity index (χ0) is 22.0. The van der Waals surface area contributed by atoms with Gasteiger partial charge in [-0.15, -0.1) is 24.0 Å². The van der Waals surface area contributed by atoms with Gasteiger partial charge >= 0.3 is 0 Å². The van der Waals surface area contributed by atoms with E-state index in [0.29, 0.717) is 24.6 Å². The highest BCUT2D eigenvalue weighted by molar-refractivity contribution is 14.0. The van der Waals surface area contributed by atoms with Crippen LogP contribution in [0.2, 0.25) is 0 Å². The third-order valence-corrected chi connectivity index (χ3v) is 4.45. The van der Waals surface area contributed by atoms with Gasteiger partial charge in [-0.2, -0.15) is 0 Å². The van der Waals surface area contributed by atoms with Crippen molar-refractivity contribution in [1.82, 2.24) is 16.0 Å². The Bertz CT molecular complexity index is 835. The average molecular weight is 538 g/mol. The molecule has 170 valence electrons. The van der Waals surface area contributed by atoms with E-state index in [1.54, 1.807) is 0 Å². The lowest BCUT2D eigenvalue weighted by Crippen LogP contribution is -2.40. The predicted octanol–water partition coefficient (Wildman–Crippen LogP) is 3.66. The van der Waals surface area contributed by atoms with Gasteiger partial charge in [0.1, 0.15) is 0 Å². The normalized spacial score (nSPS) is 12.5. The lowest BCUT2D eigenvalue weighted by molar-refractivity contribution is 0.0919. The lowest BCUT2D eigenvalue weighted by Gasteiger charge is -2.20. The standard InChI is InChI=1S/C24H34N4O2.HI/c1-5-25-23(27-16-21(17-29)19-11-7-6-8-12-19)26-15-18-10-9-13-20(14-18)22(30)28-24(2,3)4;/h6-14,21,29H,5,15-17H2,1-4H3,(H,28,30)(H2,25,26,27);1H. The summed E-state index contributed by atoms with van der Waals surface area (Å²) in [6, 6.07) is 17.5. The van der Waals surface area contributed by atoms with Crippen molar-refractivity contribution in [3.05, 3.63) is 71.3 Å². The Morgan fingerprint density at radius 3 is 2.39 bits per heavy atom. The molecule has 0 heterocycles. The van der Waals surface area contributed by atoms with E-state index in [0.717, 1.165) is 17.7 Å². The van der Waals surface area contributed by atoms with Gasteiger partial charge in [-0.3, -0.25) is 4.79 Å². The zero-order valence-corrected chi connectivity index (χ0v) is 21.1. The molecule has 0 radical (unpaired) electrons. The fraction of sp³-hybridized carbons (Fsp3) is 0.417. The van der Waals surface area contributed by atoms with E-state index in [2.05, 4.69) is 20.9 Å². The van der Waals surface area contributed by atoms with E-state index < -0.39 is 0 Å². The van der Waals surface area contributed by atoms with Crippen LogP contribution in [-0.2, 0) is 6.54 Å². The Kier molecular flexibility index (Phi) is 11.6. The summed E-state index contributed by atoms with van der Waals surface area (Å²) in [5.41, 5.74) is 2.38. The molecule has 0 spiro atoms. The summed E-state index contributed by atoms with van der Waals surface area (Å²) in [6.07, 6.45) is 0. The molecule has 7 heteroatoms. The fourth-order valence-corrected chi connectivity index (χ4v) is 2.97. The molecule has 2 aromatic carbocycles. The molecular formula is C24H35IN4O2. The molecular weight excluding hydrogens is 503 g/mol. The summed E-state index contributed by atoms with van der Waals surface area (Å²) in [7, 11) is 0. The molecule has 0 aliphatic rings. The number of guanidine groups is 1. The topological polar surface area (TPSA) is 85.8 Å². The molecule has 1 unspecified atom stereocenters. The third-order valence-electron chi connectivity index (χ3n) is 4.45. The van der Waals surface area contributed by atoms with E-state index in [1.165, 1.54) is 0 Å². The van der Waals surface area contributed by atoms with E-state index >= 15 is 0 Å². The summed E-state index contributed by atoms with van der Waals surface area (Å²) in [5, 5.41) is 19.3. The van der Waals surface area contributed by atoms with Crippen molar-refractivity contribution in [1.29, 1.82) is 0 Å². The molecule has 0 aromatic heterocycles. The van der Waals surface area contributed by atoms with Crippen LogP contribution in [0.4, 0.5) is 0 Å². The highest BCUT2D eigenvalue weighted by atomic mass is 127. The first-order valence-electron chi connectivity index (χ1n) is 10.4. The maximum Gasteiger partial charge on any atom is 0.251 e. The first kappa shape index (κ1) is 26.9. The SMILES string of the molecule is CCNC(=NCc1cccc(C(=O)NC(C)(C)C)c1)NCC(CO)c1ccccc1.I. The number of nitrogens with zero attached hydrogens (tertiary/aromatic N) is 1. The second kappa shape index (κ2) is 13.3. The van der Waals surface area contributed by atoms with Crippen molar-refractivity contribution in [2.45, 2.75) is 45.7 Å². The van der Waals surface area contributed by atoms with Crippen LogP contribution in [0.25, 0.3) is 0 Å². The number of halogens is 1. The first-order valence-corrected chi connectivity index (χ1v) is 10.4. The number of aliphatic hydroxyl groups excluding tert-OH is 1. The van der Waals surface area contributed by atoms with Gasteiger partial charge < -0.3 is 21.1 Å². The van der Waals surface area contributed by atoms with E-state index in [4.69, 9.17) is 0 Å². The van der Waals surface area contributed by atoms with Crippen molar-refractivity contribution in [2.24, 2.45) is 4.99 Å². The summed E-state index contributed by atoms with van der Waals surface area (Å²) < 4.78 is 0. The summed E-state index contributed by atoms with van der Waals surface area (Å²) in [4.78, 5) is 17.0. The number of amides is 1. The monoisotopic (exact) mass is 538 g/mol. The highest BCUT2D eigenvalue weighted by Gasteiger charge is 2.15. The number of carbonyl (C=O) groups excluding carboxylic acids is 1. The van der Waals surface area contributed by atoms with Gasteiger partial charge in [-0.25, -0.2) is 4.99 Å². The molecule has 2 rings (SSSR count). The van der Waals surface area contributed by atoms with Crippen molar-refractivity contribution in [3.63, 3.8) is 0 Å². The minimum atomic E-state index is -0.282. The van der Waals surface area contributed by atoms with Gasteiger partial charge in [-0.05, 0) is 51.0 Å². The van der Waals surface area contributed by atoms with Crippen LogP contribution >= 0.6 is 24.0 Å². The molecule has 1 amide bonds. The number of rotatable bonds is 8. The Labute approximate surface area is 203 Å². The van der Waals surface area contributed by atoms with Gasteiger partial charge in [0.05, 0.1) is 13.2 Å². The number of nitrogens with one attached hydrogen (secondary N) is 3. The van der Waals surface area contributed by atoms with Crippen molar-refractivity contribution in [2.75, 3.05) is 19.7 Å².